The molecule has 7 nitrogen and oxygen atoms in total. The number of ketones is 1. The Morgan fingerprint density at radius 3 is 2.46 bits per heavy atom. The van der Waals surface area contributed by atoms with Gasteiger partial charge in [0.1, 0.15) is 5.60 Å². The Hall–Kier alpha value is 0.956. The second-order valence-corrected chi connectivity index (χ2v) is 10.9. The topological polar surface area (TPSA) is 113 Å². The molecule has 0 aromatic heterocycles. The summed E-state index contributed by atoms with van der Waals surface area (Å²) in [4.78, 5) is 36.4. The van der Waals surface area contributed by atoms with Crippen molar-refractivity contribution in [3.8, 4) is 0 Å². The molecule has 0 aromatic carbocycles. The van der Waals surface area contributed by atoms with Gasteiger partial charge in [0, 0.05) is 29.6 Å². The number of aliphatic hydroxyl groups is 1. The third-order valence-corrected chi connectivity index (χ3v) is 9.95. The third kappa shape index (κ3) is 4.59. The first-order valence-corrected chi connectivity index (χ1v) is 11.5. The van der Waals surface area contributed by atoms with Gasteiger partial charge >= 0.3 is 63.3 Å². The number of methoxy groups -OCH3 is 1. The summed E-state index contributed by atoms with van der Waals surface area (Å²) in [5.41, 5.74) is -1.43. The molecule has 5 aliphatic rings. The van der Waals surface area contributed by atoms with Crippen LogP contribution in [0.2, 0.25) is 0 Å². The standard InChI is InChI=1S/C24H32O7.K.3H2S/c1-21-7-4-14(25)10-13(21)11-15(20(28)30-3)19-16-5-8-23(29,9-6-18(26)27)22(16,2)12-17-24(19,21)31-17;;;;/h10,15-17,19,29H,4-9,11-12H2,1-3H3,(H,26,27);;3*1H2/q;+1;;;/t15-,16+,17-,19+,21+,22+,23-,24?;;;;/m1..../s1. The van der Waals surface area contributed by atoms with Crippen molar-refractivity contribution < 1.29 is 85.5 Å². The molecule has 0 radical (unpaired) electrons. The summed E-state index contributed by atoms with van der Waals surface area (Å²) in [6.45, 7) is 4.24. The molecule has 1 unspecified atom stereocenters. The van der Waals surface area contributed by atoms with Gasteiger partial charge < -0.3 is 19.7 Å². The molecule has 0 aromatic rings. The first kappa shape index (κ1) is 34.0. The predicted molar refractivity (Wildman–Crippen MR) is 140 cm³/mol. The van der Waals surface area contributed by atoms with Crippen LogP contribution in [0.5, 0.6) is 0 Å². The summed E-state index contributed by atoms with van der Waals surface area (Å²) < 4.78 is 11.7. The van der Waals surface area contributed by atoms with E-state index in [-0.39, 0.29) is 140 Å². The predicted octanol–water partition coefficient (Wildman–Crippen LogP) is -0.0130. The molecule has 3 saturated carbocycles. The van der Waals surface area contributed by atoms with Crippen LogP contribution in [0, 0.1) is 28.6 Å². The van der Waals surface area contributed by atoms with Crippen LogP contribution in [0.1, 0.15) is 65.2 Å². The molecule has 8 atom stereocenters. The molecule has 35 heavy (non-hydrogen) atoms. The van der Waals surface area contributed by atoms with Gasteiger partial charge in [-0.05, 0) is 50.5 Å². The van der Waals surface area contributed by atoms with Crippen molar-refractivity contribution in [1.82, 2.24) is 0 Å². The van der Waals surface area contributed by atoms with Gasteiger partial charge in [0.2, 0.25) is 0 Å². The summed E-state index contributed by atoms with van der Waals surface area (Å²) in [6.07, 6.45) is 5.35. The molecule has 1 spiro atoms. The number of hydrogen-bond acceptors (Lipinski definition) is 6. The molecule has 5 rings (SSSR count). The summed E-state index contributed by atoms with van der Waals surface area (Å²) in [5, 5.41) is 20.9. The molecule has 11 heteroatoms. The molecule has 1 saturated heterocycles. The van der Waals surface area contributed by atoms with E-state index in [1.807, 2.05) is 0 Å². The van der Waals surface area contributed by atoms with E-state index in [4.69, 9.17) is 9.47 Å². The van der Waals surface area contributed by atoms with Crippen LogP contribution < -0.4 is 51.4 Å². The fourth-order valence-electron chi connectivity index (χ4n) is 8.22. The van der Waals surface area contributed by atoms with E-state index in [9.17, 15) is 24.6 Å². The van der Waals surface area contributed by atoms with Crippen LogP contribution in [0.3, 0.4) is 0 Å². The van der Waals surface area contributed by atoms with E-state index in [1.165, 1.54) is 7.11 Å². The van der Waals surface area contributed by atoms with Crippen molar-refractivity contribution in [2.75, 3.05) is 7.11 Å². The fraction of sp³-hybridized carbons (Fsp3) is 0.792. The van der Waals surface area contributed by atoms with E-state index in [0.29, 0.717) is 32.1 Å². The minimum Gasteiger partial charge on any atom is -0.481 e. The summed E-state index contributed by atoms with van der Waals surface area (Å²) in [6, 6.07) is 0. The number of hydrogen-bond donors (Lipinski definition) is 2. The molecule has 4 fully saturated rings. The Bertz CT molecular complexity index is 916. The zero-order valence-corrected chi connectivity index (χ0v) is 27.1. The Labute approximate surface area is 270 Å². The molecule has 4 aliphatic carbocycles. The summed E-state index contributed by atoms with van der Waals surface area (Å²) >= 11 is 0. The molecule has 194 valence electrons. The SMILES string of the molecule is COC(=O)[C@@H]1CC2=CC(=O)CC[C@]2(C)C23O[C@@H]2C[C@@]2(C)[C@@H](CC[C@@]2(O)CCC(=O)O)[C@H]13.S.S.S.[K+]. The number of rotatable bonds is 4. The van der Waals surface area contributed by atoms with Gasteiger partial charge in [-0.3, -0.25) is 14.4 Å². The Balaban J connectivity index is 0.00000153. The van der Waals surface area contributed by atoms with Crippen molar-refractivity contribution in [3.63, 3.8) is 0 Å². The van der Waals surface area contributed by atoms with Gasteiger partial charge in [0.15, 0.2) is 5.78 Å². The number of carboxylic acids is 1. The van der Waals surface area contributed by atoms with Gasteiger partial charge in [-0.1, -0.05) is 19.4 Å². The number of aliphatic carboxylic acids is 1. The van der Waals surface area contributed by atoms with Gasteiger partial charge in [-0.15, -0.1) is 0 Å². The molecule has 2 N–H and O–H groups in total. The van der Waals surface area contributed by atoms with Crippen molar-refractivity contribution in [1.29, 1.82) is 0 Å². The van der Waals surface area contributed by atoms with Crippen LogP contribution in [0.25, 0.3) is 0 Å². The van der Waals surface area contributed by atoms with E-state index >= 15 is 0 Å². The molecule has 0 bridgehead atoms. The second kappa shape index (κ2) is 11.2. The van der Waals surface area contributed by atoms with E-state index in [1.54, 1.807) is 6.08 Å². The minimum absolute atomic E-state index is 0. The van der Waals surface area contributed by atoms with Crippen LogP contribution in [0.4, 0.5) is 0 Å². The van der Waals surface area contributed by atoms with E-state index in [2.05, 4.69) is 13.8 Å². The van der Waals surface area contributed by atoms with Crippen molar-refractivity contribution in [2.45, 2.75) is 82.5 Å². The number of esters is 1. The number of carboxylic acid groups (broad SMARTS) is 1. The van der Waals surface area contributed by atoms with Gasteiger partial charge in [0.05, 0.1) is 24.7 Å². The first-order valence-electron chi connectivity index (χ1n) is 11.5. The Morgan fingerprint density at radius 2 is 1.86 bits per heavy atom. The van der Waals surface area contributed by atoms with Crippen molar-refractivity contribution in [3.05, 3.63) is 11.6 Å². The third-order valence-electron chi connectivity index (χ3n) is 9.95. The number of carbonyl (C=O) groups excluding carboxylic acids is 2. The first-order chi connectivity index (χ1) is 14.5. The average Bonchev–Trinajstić information content (AvgIpc) is 3.38. The monoisotopic (exact) mass is 573 g/mol. The second-order valence-electron chi connectivity index (χ2n) is 10.9. The van der Waals surface area contributed by atoms with Crippen LogP contribution in [0.15, 0.2) is 11.6 Å². The van der Waals surface area contributed by atoms with E-state index < -0.39 is 28.5 Å². The quantitative estimate of drug-likeness (QED) is 0.276. The molecular formula is C24H38KO7S3+. The Kier molecular flexibility index (Phi) is 10.9. The zero-order valence-electron chi connectivity index (χ0n) is 21.0. The molecular weight excluding hydrogens is 536 g/mol. The smallest absolute Gasteiger partial charge is 0.481 e. The fourth-order valence-corrected chi connectivity index (χ4v) is 8.22. The van der Waals surface area contributed by atoms with Gasteiger partial charge in [-0.25, -0.2) is 0 Å². The van der Waals surface area contributed by atoms with Crippen molar-refractivity contribution in [2.24, 2.45) is 28.6 Å². The average molecular weight is 574 g/mol. The summed E-state index contributed by atoms with van der Waals surface area (Å²) in [5.74, 6) is -1.60. The molecule has 0 amide bonds. The van der Waals surface area contributed by atoms with Gasteiger partial charge in [0.25, 0.3) is 0 Å². The summed E-state index contributed by atoms with van der Waals surface area (Å²) in [7, 11) is 1.40. The van der Waals surface area contributed by atoms with E-state index in [0.717, 1.165) is 12.0 Å². The number of fused-ring (bicyclic) bond motifs is 3. The maximum absolute atomic E-state index is 13.0. The maximum atomic E-state index is 13.0. The minimum atomic E-state index is -1.09. The number of carbonyl (C=O) groups is 3. The molecule has 1 heterocycles. The molecule has 1 aliphatic heterocycles. The van der Waals surface area contributed by atoms with Crippen molar-refractivity contribution >= 4 is 58.2 Å². The Morgan fingerprint density at radius 1 is 1.20 bits per heavy atom. The maximum Gasteiger partial charge on any atom is 1.00 e. The van der Waals surface area contributed by atoms with Gasteiger partial charge in [-0.2, -0.15) is 40.5 Å². The number of ether oxygens (including phenoxy) is 2. The normalized spacial score (nSPS) is 44.1. The number of epoxide rings is 1. The zero-order chi connectivity index (χ0) is 22.4. The van der Waals surface area contributed by atoms with Crippen LogP contribution >= 0.6 is 40.5 Å². The largest absolute Gasteiger partial charge is 1.00 e. The van der Waals surface area contributed by atoms with Crippen LogP contribution in [-0.4, -0.2) is 52.4 Å². The van der Waals surface area contributed by atoms with Crippen LogP contribution in [-0.2, 0) is 23.9 Å².